The van der Waals surface area contributed by atoms with Crippen molar-refractivity contribution < 1.29 is 4.79 Å². The largest absolute Gasteiger partial charge is 0.338 e. The Morgan fingerprint density at radius 2 is 2.00 bits per heavy atom. The molecule has 0 atom stereocenters. The maximum Gasteiger partial charge on any atom is 0.222 e. The van der Waals surface area contributed by atoms with Crippen molar-refractivity contribution in [1.82, 2.24) is 19.8 Å². The van der Waals surface area contributed by atoms with Gasteiger partial charge < -0.3 is 4.90 Å². The van der Waals surface area contributed by atoms with Crippen molar-refractivity contribution in [3.8, 4) is 0 Å². The van der Waals surface area contributed by atoms with Crippen LogP contribution < -0.4 is 0 Å². The zero-order chi connectivity index (χ0) is 18.9. The molecule has 2 aromatic heterocycles. The van der Waals surface area contributed by atoms with Gasteiger partial charge in [-0.15, -0.1) is 11.3 Å². The van der Waals surface area contributed by atoms with E-state index in [9.17, 15) is 4.79 Å². The summed E-state index contributed by atoms with van der Waals surface area (Å²) in [5.74, 6) is 0.294. The Bertz CT molecular complexity index is 796. The van der Waals surface area contributed by atoms with Crippen LogP contribution in [0.5, 0.6) is 0 Å². The molecule has 27 heavy (non-hydrogen) atoms. The average molecular weight is 385 g/mol. The Morgan fingerprint density at radius 1 is 1.19 bits per heavy atom. The van der Waals surface area contributed by atoms with Crippen molar-refractivity contribution in [3.63, 3.8) is 0 Å². The first kappa shape index (κ1) is 18.6. The van der Waals surface area contributed by atoms with Gasteiger partial charge in [-0.2, -0.15) is 0 Å². The monoisotopic (exact) mass is 384 g/mol. The third-order valence-corrected chi connectivity index (χ3v) is 7.19. The number of hydrogen-bond donors (Lipinski definition) is 0. The second kappa shape index (κ2) is 7.68. The van der Waals surface area contributed by atoms with Crippen molar-refractivity contribution >= 4 is 17.2 Å². The lowest BCUT2D eigenvalue weighted by Crippen LogP contribution is -2.51. The van der Waals surface area contributed by atoms with E-state index in [1.807, 2.05) is 23.6 Å². The fraction of sp³-hybridized carbons (Fsp3) is 0.571. The average Bonchev–Trinajstić information content (AvgIpc) is 2.98. The summed E-state index contributed by atoms with van der Waals surface area (Å²) >= 11 is 1.83. The van der Waals surface area contributed by atoms with Gasteiger partial charge in [0.25, 0.3) is 0 Å². The number of likely N-dealkylation sites (tertiary alicyclic amines) is 2. The summed E-state index contributed by atoms with van der Waals surface area (Å²) in [6.45, 7) is 9.04. The molecule has 2 saturated heterocycles. The quantitative estimate of drug-likeness (QED) is 0.809. The van der Waals surface area contributed by atoms with Crippen LogP contribution in [0.25, 0.3) is 0 Å². The maximum atomic E-state index is 12.5. The Labute approximate surface area is 165 Å². The molecule has 0 bridgehead atoms. The summed E-state index contributed by atoms with van der Waals surface area (Å²) in [5, 5.41) is 1.16. The van der Waals surface area contributed by atoms with Crippen LogP contribution in [0, 0.1) is 19.3 Å². The molecule has 4 heterocycles. The van der Waals surface area contributed by atoms with Crippen LogP contribution >= 0.6 is 11.3 Å². The van der Waals surface area contributed by atoms with Crippen LogP contribution in [0.1, 0.15) is 46.8 Å². The highest BCUT2D eigenvalue weighted by atomic mass is 32.1. The normalized spacial score (nSPS) is 20.4. The van der Waals surface area contributed by atoms with E-state index >= 15 is 0 Å². The van der Waals surface area contributed by atoms with Crippen LogP contribution in [0.4, 0.5) is 0 Å². The van der Waals surface area contributed by atoms with Crippen molar-refractivity contribution in [1.29, 1.82) is 0 Å². The van der Waals surface area contributed by atoms with E-state index in [2.05, 4.69) is 39.7 Å². The van der Waals surface area contributed by atoms with Crippen LogP contribution in [0.15, 0.2) is 24.5 Å². The summed E-state index contributed by atoms with van der Waals surface area (Å²) < 4.78 is 0. The number of rotatable bonds is 4. The molecule has 2 aliphatic heterocycles. The molecule has 5 nitrogen and oxygen atoms in total. The first-order valence-electron chi connectivity index (χ1n) is 9.85. The molecule has 0 aliphatic carbocycles. The zero-order valence-electron chi connectivity index (χ0n) is 16.3. The Balaban J connectivity index is 1.37. The molecule has 0 radical (unpaired) electrons. The number of aryl methyl sites for hydroxylation is 2. The predicted molar refractivity (Wildman–Crippen MR) is 107 cm³/mol. The number of nitrogens with zero attached hydrogens (tertiary/aromatic N) is 4. The van der Waals surface area contributed by atoms with E-state index in [1.54, 1.807) is 6.20 Å². The zero-order valence-corrected chi connectivity index (χ0v) is 17.1. The second-order valence-electron chi connectivity index (χ2n) is 8.13. The SMILES string of the molecule is Cc1nc(C)c(CN2CCC3(CCC(=O)N(Cc4cccnc4)C3)CC2)s1. The summed E-state index contributed by atoms with van der Waals surface area (Å²) in [6.07, 6.45) is 7.75. The predicted octanol–water partition coefficient (Wildman–Crippen LogP) is 3.56. The van der Waals surface area contributed by atoms with Crippen LogP contribution in [-0.2, 0) is 17.9 Å². The highest BCUT2D eigenvalue weighted by molar-refractivity contribution is 7.11. The van der Waals surface area contributed by atoms with E-state index < -0.39 is 0 Å². The number of aromatic nitrogens is 2. The first-order valence-corrected chi connectivity index (χ1v) is 10.7. The maximum absolute atomic E-state index is 12.5. The fourth-order valence-corrected chi connectivity index (χ4v) is 5.45. The fourth-order valence-electron chi connectivity index (χ4n) is 4.48. The first-order chi connectivity index (χ1) is 13.0. The standard InChI is InChI=1S/C21H28N4OS/c1-16-19(27-17(2)23-16)14-24-10-7-21(8-11-24)6-5-20(26)25(15-21)13-18-4-3-9-22-12-18/h3-4,9,12H,5-8,10-11,13-15H2,1-2H3. The van der Waals surface area contributed by atoms with Gasteiger partial charge in [-0.25, -0.2) is 4.98 Å². The molecule has 2 fully saturated rings. The molecule has 0 unspecified atom stereocenters. The second-order valence-corrected chi connectivity index (χ2v) is 9.42. The topological polar surface area (TPSA) is 49.3 Å². The molecular weight excluding hydrogens is 356 g/mol. The van der Waals surface area contributed by atoms with E-state index in [0.717, 1.165) is 43.2 Å². The van der Waals surface area contributed by atoms with Gasteiger partial charge in [0.2, 0.25) is 5.91 Å². The Kier molecular flexibility index (Phi) is 5.28. The summed E-state index contributed by atoms with van der Waals surface area (Å²) in [7, 11) is 0. The van der Waals surface area contributed by atoms with Crippen LogP contribution in [0.2, 0.25) is 0 Å². The van der Waals surface area contributed by atoms with Gasteiger partial charge in [-0.1, -0.05) is 6.07 Å². The highest BCUT2D eigenvalue weighted by Gasteiger charge is 2.40. The number of hydrogen-bond acceptors (Lipinski definition) is 5. The molecule has 4 rings (SSSR count). The lowest BCUT2D eigenvalue weighted by molar-refractivity contribution is -0.140. The summed E-state index contributed by atoms with van der Waals surface area (Å²) in [6, 6.07) is 4.00. The Hall–Kier alpha value is -1.79. The van der Waals surface area contributed by atoms with Crippen molar-refractivity contribution in [2.24, 2.45) is 5.41 Å². The number of carbonyl (C=O) groups excluding carboxylic acids is 1. The van der Waals surface area contributed by atoms with Crippen LogP contribution in [-0.4, -0.2) is 45.3 Å². The lowest BCUT2D eigenvalue weighted by atomic mass is 9.72. The van der Waals surface area contributed by atoms with Gasteiger partial charge in [0, 0.05) is 43.3 Å². The number of piperidine rings is 2. The third kappa shape index (κ3) is 4.22. The lowest BCUT2D eigenvalue weighted by Gasteiger charge is -2.47. The minimum atomic E-state index is 0.294. The van der Waals surface area contributed by atoms with Gasteiger partial charge in [0.1, 0.15) is 0 Å². The minimum absolute atomic E-state index is 0.294. The third-order valence-electron chi connectivity index (χ3n) is 6.13. The molecule has 6 heteroatoms. The number of carbonyl (C=O) groups is 1. The molecule has 1 amide bonds. The van der Waals surface area contributed by atoms with Gasteiger partial charge in [0.15, 0.2) is 0 Å². The van der Waals surface area contributed by atoms with E-state index in [1.165, 1.54) is 23.4 Å². The van der Waals surface area contributed by atoms with Crippen LogP contribution in [0.3, 0.4) is 0 Å². The minimum Gasteiger partial charge on any atom is -0.338 e. The van der Waals surface area contributed by atoms with Gasteiger partial charge >= 0.3 is 0 Å². The molecule has 0 saturated carbocycles. The molecule has 144 valence electrons. The number of thiazole rings is 1. The van der Waals surface area contributed by atoms with E-state index in [0.29, 0.717) is 24.3 Å². The summed E-state index contributed by atoms with van der Waals surface area (Å²) in [5.41, 5.74) is 2.60. The number of pyridine rings is 1. The molecule has 2 aromatic rings. The van der Waals surface area contributed by atoms with Crippen molar-refractivity contribution in [2.45, 2.75) is 52.6 Å². The van der Waals surface area contributed by atoms with Gasteiger partial charge in [-0.3, -0.25) is 14.7 Å². The molecule has 2 aliphatic rings. The molecule has 1 spiro atoms. The number of amides is 1. The smallest absolute Gasteiger partial charge is 0.222 e. The van der Waals surface area contributed by atoms with Crippen molar-refractivity contribution in [3.05, 3.63) is 45.7 Å². The van der Waals surface area contributed by atoms with Crippen molar-refractivity contribution in [2.75, 3.05) is 19.6 Å². The van der Waals surface area contributed by atoms with E-state index in [4.69, 9.17) is 0 Å². The molecule has 0 aromatic carbocycles. The van der Waals surface area contributed by atoms with Gasteiger partial charge in [-0.05, 0) is 63.2 Å². The highest BCUT2D eigenvalue weighted by Crippen LogP contribution is 2.41. The summed E-state index contributed by atoms with van der Waals surface area (Å²) in [4.78, 5) is 27.2. The molecule has 0 N–H and O–H groups in total. The molecular formula is C21H28N4OS. The van der Waals surface area contributed by atoms with E-state index in [-0.39, 0.29) is 0 Å². The van der Waals surface area contributed by atoms with Gasteiger partial charge in [0.05, 0.1) is 10.7 Å². The Morgan fingerprint density at radius 3 is 2.67 bits per heavy atom.